The average Bonchev–Trinajstić information content (AvgIpc) is 3.17. The van der Waals surface area contributed by atoms with Crippen LogP contribution in [0.2, 0.25) is 5.02 Å². The predicted molar refractivity (Wildman–Crippen MR) is 117 cm³/mol. The van der Waals surface area contributed by atoms with Crippen LogP contribution in [0.4, 0.5) is 11.6 Å². The second-order valence-electron chi connectivity index (χ2n) is 6.78. The van der Waals surface area contributed by atoms with Gasteiger partial charge in [0.25, 0.3) is 11.3 Å². The van der Waals surface area contributed by atoms with Gasteiger partial charge in [-0.05, 0) is 30.7 Å². The van der Waals surface area contributed by atoms with E-state index in [1.165, 1.54) is 10.6 Å². The first-order valence-corrected chi connectivity index (χ1v) is 9.76. The maximum atomic E-state index is 12.5. The Morgan fingerprint density at radius 2 is 1.93 bits per heavy atom. The second-order valence-corrected chi connectivity index (χ2v) is 7.18. The van der Waals surface area contributed by atoms with Gasteiger partial charge >= 0.3 is 0 Å². The highest BCUT2D eigenvalue weighted by Crippen LogP contribution is 2.20. The summed E-state index contributed by atoms with van der Waals surface area (Å²) >= 11 is 6.16. The van der Waals surface area contributed by atoms with Gasteiger partial charge in [0.15, 0.2) is 0 Å². The molecule has 4 rings (SSSR count). The molecule has 3 N–H and O–H groups in total. The first-order valence-electron chi connectivity index (χ1n) is 9.38. The molecule has 0 atom stereocenters. The average molecular weight is 425 g/mol. The molecule has 0 fully saturated rings. The minimum absolute atomic E-state index is 0.239. The van der Waals surface area contributed by atoms with Gasteiger partial charge in [0.05, 0.1) is 19.3 Å². The topological polar surface area (TPSA) is 96.3 Å². The molecule has 0 bridgehead atoms. The fourth-order valence-corrected chi connectivity index (χ4v) is 3.20. The van der Waals surface area contributed by atoms with Crippen LogP contribution in [0.1, 0.15) is 16.8 Å². The molecular weight excluding hydrogens is 404 g/mol. The van der Waals surface area contributed by atoms with E-state index in [9.17, 15) is 4.79 Å². The number of halogens is 1. The number of fused-ring (bicyclic) bond motifs is 1. The van der Waals surface area contributed by atoms with Gasteiger partial charge in [-0.3, -0.25) is 9.89 Å². The third kappa shape index (κ3) is 4.23. The number of rotatable bonds is 7. The molecule has 0 amide bonds. The minimum atomic E-state index is -0.239. The number of para-hydroxylation sites is 1. The van der Waals surface area contributed by atoms with Crippen LogP contribution in [0.3, 0.4) is 0 Å². The normalized spacial score (nSPS) is 10.9. The standard InChI is InChI=1S/C21H21ClN6O2/c1-13-7-8-15(9-17(13)22)23-12-16-10-19(29)28-21(25-16)26-20(27-28)24-11-14-5-3-4-6-18(14)30-2/h3-10,23H,11-12H2,1-2H3,(H2,24,25,26,27). The van der Waals surface area contributed by atoms with Crippen molar-refractivity contribution in [2.75, 3.05) is 17.7 Å². The fraction of sp³-hybridized carbons (Fsp3) is 0.190. The Kier molecular flexibility index (Phi) is 5.58. The molecule has 8 nitrogen and oxygen atoms in total. The zero-order chi connectivity index (χ0) is 21.1. The van der Waals surface area contributed by atoms with Crippen molar-refractivity contribution in [3.05, 3.63) is 80.7 Å². The Morgan fingerprint density at radius 3 is 2.73 bits per heavy atom. The summed E-state index contributed by atoms with van der Waals surface area (Å²) in [7, 11) is 1.63. The van der Waals surface area contributed by atoms with Gasteiger partial charge in [0.1, 0.15) is 5.75 Å². The number of nitrogens with one attached hydrogen (secondary N) is 3. The smallest absolute Gasteiger partial charge is 0.274 e. The lowest BCUT2D eigenvalue weighted by Gasteiger charge is -2.08. The van der Waals surface area contributed by atoms with E-state index in [0.29, 0.717) is 35.5 Å². The number of H-pyrrole nitrogens is 1. The van der Waals surface area contributed by atoms with E-state index in [1.54, 1.807) is 7.11 Å². The number of hydrogen-bond donors (Lipinski definition) is 3. The van der Waals surface area contributed by atoms with E-state index in [-0.39, 0.29) is 5.56 Å². The number of methoxy groups -OCH3 is 1. The number of ether oxygens (including phenoxy) is 1. The van der Waals surface area contributed by atoms with E-state index in [0.717, 1.165) is 22.6 Å². The van der Waals surface area contributed by atoms with Crippen LogP contribution in [0, 0.1) is 6.92 Å². The summed E-state index contributed by atoms with van der Waals surface area (Å²) in [6.07, 6.45) is 0. The number of aryl methyl sites for hydroxylation is 1. The zero-order valence-corrected chi connectivity index (χ0v) is 17.3. The molecule has 0 spiro atoms. The molecule has 0 saturated heterocycles. The van der Waals surface area contributed by atoms with Crippen LogP contribution in [-0.4, -0.2) is 26.7 Å². The van der Waals surface area contributed by atoms with Crippen molar-refractivity contribution in [3.63, 3.8) is 0 Å². The molecule has 9 heteroatoms. The molecule has 0 aliphatic carbocycles. The van der Waals surface area contributed by atoms with Gasteiger partial charge in [0, 0.05) is 28.9 Å². The first kappa shape index (κ1) is 19.8. The number of benzene rings is 2. The van der Waals surface area contributed by atoms with E-state index >= 15 is 0 Å². The summed E-state index contributed by atoms with van der Waals surface area (Å²) < 4.78 is 6.65. The van der Waals surface area contributed by atoms with E-state index < -0.39 is 0 Å². The molecule has 0 radical (unpaired) electrons. The summed E-state index contributed by atoms with van der Waals surface area (Å²) in [6, 6.07) is 14.9. The lowest BCUT2D eigenvalue weighted by atomic mass is 10.2. The quantitative estimate of drug-likeness (QED) is 0.419. The van der Waals surface area contributed by atoms with Crippen LogP contribution < -0.4 is 20.9 Å². The minimum Gasteiger partial charge on any atom is -0.496 e. The van der Waals surface area contributed by atoms with Crippen molar-refractivity contribution in [3.8, 4) is 5.75 Å². The molecule has 154 valence electrons. The lowest BCUT2D eigenvalue weighted by Crippen LogP contribution is -2.17. The van der Waals surface area contributed by atoms with Crippen LogP contribution in [0.25, 0.3) is 5.78 Å². The highest BCUT2D eigenvalue weighted by molar-refractivity contribution is 6.31. The highest BCUT2D eigenvalue weighted by Gasteiger charge is 2.09. The van der Waals surface area contributed by atoms with Crippen LogP contribution in [0.5, 0.6) is 5.75 Å². The Morgan fingerprint density at radius 1 is 1.10 bits per heavy atom. The number of hydrogen-bond acceptors (Lipinski definition) is 6. The largest absolute Gasteiger partial charge is 0.496 e. The SMILES string of the molecule is COc1ccccc1CNc1nc2nc(CNc3ccc(C)c(Cl)c3)cc(=O)n2[nH]1. The van der Waals surface area contributed by atoms with Crippen molar-refractivity contribution in [2.45, 2.75) is 20.0 Å². The molecule has 4 aromatic rings. The summed E-state index contributed by atoms with van der Waals surface area (Å²) in [5.41, 5.74) is 3.18. The van der Waals surface area contributed by atoms with E-state index in [1.807, 2.05) is 49.4 Å². The molecule has 2 aromatic carbocycles. The van der Waals surface area contributed by atoms with E-state index in [4.69, 9.17) is 16.3 Å². The van der Waals surface area contributed by atoms with Gasteiger partial charge in [-0.25, -0.2) is 4.98 Å². The summed E-state index contributed by atoms with van der Waals surface area (Å²) in [4.78, 5) is 21.3. The van der Waals surface area contributed by atoms with Gasteiger partial charge in [-0.1, -0.05) is 35.9 Å². The summed E-state index contributed by atoms with van der Waals surface area (Å²) in [6.45, 7) is 2.81. The molecule has 2 aromatic heterocycles. The van der Waals surface area contributed by atoms with Crippen LogP contribution in [0.15, 0.2) is 53.3 Å². The van der Waals surface area contributed by atoms with Crippen molar-refractivity contribution >= 4 is 29.0 Å². The Balaban J connectivity index is 1.49. The molecule has 0 unspecified atom stereocenters. The predicted octanol–water partition coefficient (Wildman–Crippen LogP) is 3.61. The van der Waals surface area contributed by atoms with Gasteiger partial charge in [0.2, 0.25) is 5.95 Å². The molecular formula is C21H21ClN6O2. The highest BCUT2D eigenvalue weighted by atomic mass is 35.5. The Bertz CT molecular complexity index is 1250. The molecule has 2 heterocycles. The van der Waals surface area contributed by atoms with Gasteiger partial charge in [-0.2, -0.15) is 9.50 Å². The summed E-state index contributed by atoms with van der Waals surface area (Å²) in [5, 5.41) is 10.00. The Labute approximate surface area is 177 Å². The fourth-order valence-electron chi connectivity index (χ4n) is 3.02. The molecule has 0 aliphatic rings. The van der Waals surface area contributed by atoms with Crippen molar-refractivity contribution in [1.29, 1.82) is 0 Å². The third-order valence-electron chi connectivity index (χ3n) is 4.67. The van der Waals surface area contributed by atoms with Crippen LogP contribution >= 0.6 is 11.6 Å². The molecule has 0 aliphatic heterocycles. The number of anilines is 2. The third-order valence-corrected chi connectivity index (χ3v) is 5.08. The second kappa shape index (κ2) is 8.46. The lowest BCUT2D eigenvalue weighted by molar-refractivity contribution is 0.410. The summed E-state index contributed by atoms with van der Waals surface area (Å²) in [5.74, 6) is 1.52. The maximum Gasteiger partial charge on any atom is 0.274 e. The van der Waals surface area contributed by atoms with Gasteiger partial charge in [-0.15, -0.1) is 0 Å². The maximum absolute atomic E-state index is 12.5. The van der Waals surface area contributed by atoms with E-state index in [2.05, 4.69) is 25.7 Å². The van der Waals surface area contributed by atoms with Crippen molar-refractivity contribution in [1.82, 2.24) is 19.6 Å². The first-order chi connectivity index (χ1) is 14.5. The zero-order valence-electron chi connectivity index (χ0n) is 16.6. The van der Waals surface area contributed by atoms with Crippen molar-refractivity contribution in [2.24, 2.45) is 0 Å². The monoisotopic (exact) mass is 424 g/mol. The molecule has 30 heavy (non-hydrogen) atoms. The number of aromatic nitrogens is 4. The van der Waals surface area contributed by atoms with Gasteiger partial charge < -0.3 is 15.4 Å². The molecule has 0 saturated carbocycles. The number of aromatic amines is 1. The Hall–Kier alpha value is -3.52. The van der Waals surface area contributed by atoms with Crippen molar-refractivity contribution < 1.29 is 4.74 Å². The van der Waals surface area contributed by atoms with Crippen LogP contribution in [-0.2, 0) is 13.1 Å². The number of nitrogens with zero attached hydrogens (tertiary/aromatic N) is 3.